The zero-order valence-corrected chi connectivity index (χ0v) is 14.5. The van der Waals surface area contributed by atoms with Crippen LogP contribution in [0.1, 0.15) is 10.4 Å². The summed E-state index contributed by atoms with van der Waals surface area (Å²) in [6.07, 6.45) is 0. The number of rotatable bonds is 2. The fourth-order valence-corrected chi connectivity index (χ4v) is 2.97. The molecule has 19 heavy (non-hydrogen) atoms. The minimum Gasteiger partial charge on any atom is -0.507 e. The number of phenols is 1. The molecule has 0 aliphatic rings. The molecule has 0 saturated heterocycles. The van der Waals surface area contributed by atoms with Gasteiger partial charge in [0.05, 0.1) is 11.3 Å². The number of benzene rings is 2. The number of aromatic hydroxyl groups is 1. The van der Waals surface area contributed by atoms with E-state index in [0.29, 0.717) is 10.7 Å². The van der Waals surface area contributed by atoms with Gasteiger partial charge in [-0.2, -0.15) is 0 Å². The molecule has 0 saturated carbocycles. The van der Waals surface area contributed by atoms with E-state index in [4.69, 9.17) is 11.6 Å². The summed E-state index contributed by atoms with van der Waals surface area (Å²) < 4.78 is 1.72. The topological polar surface area (TPSA) is 49.3 Å². The van der Waals surface area contributed by atoms with Crippen LogP contribution in [0.4, 0.5) is 5.69 Å². The summed E-state index contributed by atoms with van der Waals surface area (Å²) in [5.74, 6) is -0.391. The van der Waals surface area contributed by atoms with Gasteiger partial charge in [0.15, 0.2) is 0 Å². The maximum Gasteiger partial charge on any atom is 0.259 e. The van der Waals surface area contributed by atoms with Crippen molar-refractivity contribution in [1.82, 2.24) is 0 Å². The van der Waals surface area contributed by atoms with Crippen LogP contribution in [-0.4, -0.2) is 11.0 Å². The second-order valence-corrected chi connectivity index (χ2v) is 6.58. The van der Waals surface area contributed by atoms with Crippen LogP contribution in [0.25, 0.3) is 0 Å². The van der Waals surface area contributed by atoms with Gasteiger partial charge in [0.1, 0.15) is 5.75 Å². The van der Waals surface area contributed by atoms with Crippen LogP contribution >= 0.6 is 56.8 Å². The maximum absolute atomic E-state index is 12.1. The summed E-state index contributed by atoms with van der Waals surface area (Å²) in [6.45, 7) is 0. The minimum absolute atomic E-state index is 0.0399. The summed E-state index contributed by atoms with van der Waals surface area (Å²) in [5, 5.41) is 13.1. The van der Waals surface area contributed by atoms with E-state index in [1.165, 1.54) is 6.07 Å². The molecule has 3 nitrogen and oxygen atoms in total. The number of halogens is 3. The Morgan fingerprint density at radius 1 is 1.16 bits per heavy atom. The van der Waals surface area contributed by atoms with Crippen molar-refractivity contribution in [3.05, 3.63) is 54.1 Å². The Kier molecular flexibility index (Phi) is 4.91. The van der Waals surface area contributed by atoms with Gasteiger partial charge >= 0.3 is 0 Å². The van der Waals surface area contributed by atoms with Gasteiger partial charge in [0, 0.05) is 12.2 Å². The van der Waals surface area contributed by atoms with Crippen molar-refractivity contribution < 1.29 is 9.90 Å². The molecule has 2 N–H and O–H groups in total. The van der Waals surface area contributed by atoms with E-state index in [-0.39, 0.29) is 17.2 Å². The number of hydrogen-bond donors (Lipinski definition) is 2. The first-order valence-corrected chi connectivity index (χ1v) is 7.76. The molecule has 98 valence electrons. The molecule has 0 aromatic heterocycles. The Morgan fingerprint density at radius 2 is 1.89 bits per heavy atom. The first-order chi connectivity index (χ1) is 8.97. The van der Waals surface area contributed by atoms with Crippen LogP contribution in [0.5, 0.6) is 5.75 Å². The lowest BCUT2D eigenvalue weighted by molar-refractivity contribution is 0.102. The number of carbonyl (C=O) groups is 1. The van der Waals surface area contributed by atoms with Crippen molar-refractivity contribution in [2.45, 2.75) is 0 Å². The quantitative estimate of drug-likeness (QED) is 0.598. The van der Waals surface area contributed by atoms with Gasteiger partial charge in [-0.3, -0.25) is 4.79 Å². The molecule has 0 aliphatic heterocycles. The largest absolute Gasteiger partial charge is 0.507 e. The molecule has 2 rings (SSSR count). The minimum atomic E-state index is -0.351. The molecule has 2 aromatic rings. The fourth-order valence-electron chi connectivity index (χ4n) is 1.47. The van der Waals surface area contributed by atoms with Crippen molar-refractivity contribution in [3.8, 4) is 5.75 Å². The smallest absolute Gasteiger partial charge is 0.259 e. The highest BCUT2D eigenvalue weighted by Gasteiger charge is 2.13. The van der Waals surface area contributed by atoms with E-state index in [1.54, 1.807) is 30.3 Å². The number of hydrogen-bond acceptors (Lipinski definition) is 2. The third-order valence-corrected chi connectivity index (χ3v) is 4.18. The Labute approximate surface area is 142 Å². The first-order valence-electron chi connectivity index (χ1n) is 5.22. The molecular weight excluding hydrogens is 491 g/mol. The average Bonchev–Trinajstić information content (AvgIpc) is 2.35. The summed E-state index contributed by atoms with van der Waals surface area (Å²) >= 11 is 10.0. The van der Waals surface area contributed by atoms with Crippen molar-refractivity contribution >= 4 is 68.4 Å². The van der Waals surface area contributed by atoms with E-state index in [1.807, 2.05) is 0 Å². The molecule has 1 amide bonds. The Bertz CT molecular complexity index is 647. The van der Waals surface area contributed by atoms with E-state index >= 15 is 0 Å². The average molecular weight is 499 g/mol. The van der Waals surface area contributed by atoms with Crippen molar-refractivity contribution in [2.24, 2.45) is 0 Å². The number of carbonyl (C=O) groups excluding carboxylic acids is 1. The zero-order valence-electron chi connectivity index (χ0n) is 9.45. The Hall–Kier alpha value is -0.540. The van der Waals surface area contributed by atoms with E-state index < -0.39 is 0 Å². The summed E-state index contributed by atoms with van der Waals surface area (Å²) in [5.41, 5.74) is 0.908. The van der Waals surface area contributed by atoms with Crippen LogP contribution < -0.4 is 5.32 Å². The molecule has 0 aliphatic carbocycles. The fraction of sp³-hybridized carbons (Fsp3) is 0. The van der Waals surface area contributed by atoms with Gasteiger partial charge in [-0.15, -0.1) is 0 Å². The van der Waals surface area contributed by atoms with Crippen LogP contribution in [0.2, 0.25) is 5.02 Å². The Morgan fingerprint density at radius 3 is 2.58 bits per heavy atom. The van der Waals surface area contributed by atoms with Gasteiger partial charge in [-0.25, -0.2) is 0 Å². The highest BCUT2D eigenvalue weighted by atomic mass is 127. The van der Waals surface area contributed by atoms with Crippen molar-refractivity contribution in [2.75, 3.05) is 5.32 Å². The second-order valence-electron chi connectivity index (χ2n) is 3.74. The molecule has 0 atom stereocenters. The number of phenolic OH excluding ortho intramolecular Hbond substituents is 1. The van der Waals surface area contributed by atoms with Crippen LogP contribution in [0.15, 0.2) is 36.4 Å². The maximum atomic E-state index is 12.1. The van der Waals surface area contributed by atoms with Gasteiger partial charge in [-0.05, 0) is 81.6 Å². The summed E-state index contributed by atoms with van der Waals surface area (Å²) in [6, 6.07) is 10.1. The molecule has 0 spiro atoms. The third-order valence-electron chi connectivity index (χ3n) is 2.38. The van der Waals surface area contributed by atoms with Crippen LogP contribution in [0, 0.1) is 7.14 Å². The molecular formula is C13H8ClI2NO2. The molecule has 0 fully saturated rings. The van der Waals surface area contributed by atoms with Gasteiger partial charge in [0.25, 0.3) is 5.91 Å². The normalized spacial score (nSPS) is 10.3. The monoisotopic (exact) mass is 499 g/mol. The molecule has 0 bridgehead atoms. The molecule has 0 unspecified atom stereocenters. The highest BCUT2D eigenvalue weighted by molar-refractivity contribution is 14.1. The van der Waals surface area contributed by atoms with E-state index in [0.717, 1.165) is 7.14 Å². The predicted octanol–water partition coefficient (Wildman–Crippen LogP) is 4.51. The van der Waals surface area contributed by atoms with Gasteiger partial charge in [-0.1, -0.05) is 11.6 Å². The number of nitrogens with one attached hydrogen (secondary N) is 1. The lowest BCUT2D eigenvalue weighted by Gasteiger charge is -2.09. The summed E-state index contributed by atoms with van der Waals surface area (Å²) in [7, 11) is 0. The summed E-state index contributed by atoms with van der Waals surface area (Å²) in [4.78, 5) is 12.1. The zero-order chi connectivity index (χ0) is 14.0. The molecule has 0 heterocycles. The third kappa shape index (κ3) is 3.73. The standard InChI is InChI=1S/C13H8ClI2NO2/c14-7-1-3-11(10(16)5-7)17-13(19)9-6-8(15)2-4-12(9)18/h1-6,18H,(H,17,19). The van der Waals surface area contributed by atoms with E-state index in [2.05, 4.69) is 50.5 Å². The highest BCUT2D eigenvalue weighted by Crippen LogP contribution is 2.25. The van der Waals surface area contributed by atoms with E-state index in [9.17, 15) is 9.90 Å². The second kappa shape index (κ2) is 6.27. The molecule has 6 heteroatoms. The van der Waals surface area contributed by atoms with Gasteiger partial charge < -0.3 is 10.4 Å². The molecule has 0 radical (unpaired) electrons. The van der Waals surface area contributed by atoms with Gasteiger partial charge in [0.2, 0.25) is 0 Å². The Balaban J connectivity index is 2.28. The number of anilines is 1. The predicted molar refractivity (Wildman–Crippen MR) is 92.9 cm³/mol. The first kappa shape index (κ1) is 14.9. The van der Waals surface area contributed by atoms with Crippen molar-refractivity contribution in [3.63, 3.8) is 0 Å². The SMILES string of the molecule is O=C(Nc1ccc(Cl)cc1I)c1cc(I)ccc1O. The van der Waals surface area contributed by atoms with Crippen molar-refractivity contribution in [1.29, 1.82) is 0 Å². The van der Waals surface area contributed by atoms with Crippen LogP contribution in [-0.2, 0) is 0 Å². The molecule has 2 aromatic carbocycles. The van der Waals surface area contributed by atoms with Crippen LogP contribution in [0.3, 0.4) is 0 Å². The number of amides is 1. The lowest BCUT2D eigenvalue weighted by atomic mass is 10.2. The lowest BCUT2D eigenvalue weighted by Crippen LogP contribution is -2.13.